The van der Waals surface area contributed by atoms with Gasteiger partial charge in [0.15, 0.2) is 12.0 Å². The van der Waals surface area contributed by atoms with E-state index in [4.69, 9.17) is 10.5 Å². The van der Waals surface area contributed by atoms with Gasteiger partial charge >= 0.3 is 0 Å². The van der Waals surface area contributed by atoms with Gasteiger partial charge in [0, 0.05) is 17.8 Å². The Balaban J connectivity index is 1.92. The summed E-state index contributed by atoms with van der Waals surface area (Å²) in [6, 6.07) is 7.90. The minimum atomic E-state index is 0.0609. The Kier molecular flexibility index (Phi) is 4.97. The van der Waals surface area contributed by atoms with E-state index in [1.165, 1.54) is 0 Å². The number of nitrogens with one attached hydrogen (secondary N) is 1. The van der Waals surface area contributed by atoms with Crippen LogP contribution in [0.1, 0.15) is 25.8 Å². The summed E-state index contributed by atoms with van der Waals surface area (Å²) in [5, 5.41) is 3.42. The standard InChI is InChI=1S/C19H23N5O/c1-13(2)25-19-11-21-10-18(23-19)22-17-8-9-24(3)12-16(17)14-4-6-15(20)7-5-14/h4-7,10-13H,8-9,20H2,1-3H3/p+1. The van der Waals surface area contributed by atoms with Crippen LogP contribution in [0.25, 0.3) is 5.57 Å². The van der Waals surface area contributed by atoms with E-state index >= 15 is 0 Å². The molecule has 0 aliphatic carbocycles. The zero-order chi connectivity index (χ0) is 17.8. The maximum Gasteiger partial charge on any atom is 0.234 e. The number of rotatable bonds is 5. The van der Waals surface area contributed by atoms with Crippen molar-refractivity contribution in [2.45, 2.75) is 26.4 Å². The highest BCUT2D eigenvalue weighted by molar-refractivity contribution is 6.09. The third-order valence-electron chi connectivity index (χ3n) is 3.86. The Hall–Kier alpha value is -2.89. The fraction of sp³-hybridized carbons (Fsp3) is 0.316. The Labute approximate surface area is 148 Å². The molecule has 25 heavy (non-hydrogen) atoms. The van der Waals surface area contributed by atoms with Crippen molar-refractivity contribution in [3.05, 3.63) is 47.9 Å². The molecular weight excluding hydrogens is 314 g/mol. The van der Waals surface area contributed by atoms with Crippen LogP contribution in [0, 0.1) is 0 Å². The minimum Gasteiger partial charge on any atom is -0.474 e. The Morgan fingerprint density at radius 2 is 1.96 bits per heavy atom. The van der Waals surface area contributed by atoms with E-state index in [1.54, 1.807) is 12.4 Å². The summed E-state index contributed by atoms with van der Waals surface area (Å²) in [4.78, 5) is 8.71. The van der Waals surface area contributed by atoms with Gasteiger partial charge in [-0.15, -0.1) is 0 Å². The van der Waals surface area contributed by atoms with E-state index in [0.29, 0.717) is 11.7 Å². The molecule has 2 heterocycles. The molecule has 6 nitrogen and oxygen atoms in total. The van der Waals surface area contributed by atoms with Crippen molar-refractivity contribution in [2.75, 3.05) is 24.6 Å². The molecule has 0 fully saturated rings. The molecule has 130 valence electrons. The maximum atomic E-state index is 5.81. The van der Waals surface area contributed by atoms with Gasteiger partial charge in [-0.25, -0.2) is 4.58 Å². The van der Waals surface area contributed by atoms with Crippen LogP contribution >= 0.6 is 0 Å². The molecule has 3 rings (SSSR count). The Morgan fingerprint density at radius 3 is 2.68 bits per heavy atom. The average Bonchev–Trinajstić information content (AvgIpc) is 2.57. The number of hydrogen-bond acceptors (Lipinski definition) is 5. The topological polar surface area (TPSA) is 76.1 Å². The third kappa shape index (κ3) is 4.35. The first-order chi connectivity index (χ1) is 12.0. The van der Waals surface area contributed by atoms with Crippen LogP contribution in [0.2, 0.25) is 0 Å². The van der Waals surface area contributed by atoms with Crippen LogP contribution in [-0.2, 0) is 0 Å². The van der Waals surface area contributed by atoms with Gasteiger partial charge in [-0.3, -0.25) is 4.98 Å². The number of ether oxygens (including phenoxy) is 1. The van der Waals surface area contributed by atoms with Crippen LogP contribution in [0.15, 0.2) is 42.4 Å². The van der Waals surface area contributed by atoms with Gasteiger partial charge in [-0.2, -0.15) is 4.98 Å². The molecule has 3 N–H and O–H groups in total. The normalized spacial score (nSPS) is 14.5. The molecule has 0 saturated heterocycles. The Morgan fingerprint density at radius 1 is 1.20 bits per heavy atom. The largest absolute Gasteiger partial charge is 0.474 e. The molecule has 0 unspecified atom stereocenters. The second-order valence-electron chi connectivity index (χ2n) is 6.41. The molecule has 2 aromatic rings. The summed E-state index contributed by atoms with van der Waals surface area (Å²) in [7, 11) is 2.07. The number of hydrogen-bond donors (Lipinski definition) is 2. The second-order valence-corrected chi connectivity index (χ2v) is 6.41. The number of nitrogens with zero attached hydrogens (tertiary/aromatic N) is 3. The highest BCUT2D eigenvalue weighted by Crippen LogP contribution is 2.24. The lowest BCUT2D eigenvalue weighted by atomic mass is 10.0. The number of benzene rings is 1. The average molecular weight is 338 g/mol. The van der Waals surface area contributed by atoms with E-state index in [-0.39, 0.29) is 6.10 Å². The quantitative estimate of drug-likeness (QED) is 0.648. The number of allylic oxidation sites excluding steroid dienone is 1. The molecular formula is C19H24N5O+. The zero-order valence-corrected chi connectivity index (χ0v) is 14.9. The molecule has 0 spiro atoms. The van der Waals surface area contributed by atoms with Crippen molar-refractivity contribution in [3.8, 4) is 5.88 Å². The maximum absolute atomic E-state index is 5.81. The monoisotopic (exact) mass is 338 g/mol. The van der Waals surface area contributed by atoms with E-state index < -0.39 is 0 Å². The fourth-order valence-electron chi connectivity index (χ4n) is 2.69. The van der Waals surface area contributed by atoms with Gasteiger partial charge in [-0.05, 0) is 31.5 Å². The van der Waals surface area contributed by atoms with E-state index in [0.717, 1.165) is 35.5 Å². The lowest BCUT2D eigenvalue weighted by molar-refractivity contribution is -0.491. The zero-order valence-electron chi connectivity index (χ0n) is 14.9. The summed E-state index contributed by atoms with van der Waals surface area (Å²) in [6.07, 6.45) is 6.43. The number of nitrogens with two attached hydrogens (primary N) is 1. The SMILES string of the molecule is CC(C)Oc1cncc(NC2=C(c3ccc(N)cc3)C=[N+](C)CC2)n1. The molecule has 1 aliphatic heterocycles. The van der Waals surface area contributed by atoms with Crippen LogP contribution < -0.4 is 15.8 Å². The lowest BCUT2D eigenvalue weighted by Crippen LogP contribution is -2.21. The molecule has 0 amide bonds. The summed E-state index contributed by atoms with van der Waals surface area (Å²) >= 11 is 0. The lowest BCUT2D eigenvalue weighted by Gasteiger charge is -2.17. The van der Waals surface area contributed by atoms with Crippen LogP contribution in [0.5, 0.6) is 5.88 Å². The molecule has 0 radical (unpaired) electrons. The van der Waals surface area contributed by atoms with Gasteiger partial charge in [0.2, 0.25) is 5.88 Å². The highest BCUT2D eigenvalue weighted by Gasteiger charge is 2.18. The fourth-order valence-corrected chi connectivity index (χ4v) is 2.69. The molecule has 1 aromatic heterocycles. The summed E-state index contributed by atoms with van der Waals surface area (Å²) < 4.78 is 7.81. The van der Waals surface area contributed by atoms with Crippen LogP contribution in [0.3, 0.4) is 0 Å². The van der Waals surface area contributed by atoms with Crippen molar-refractivity contribution >= 4 is 23.3 Å². The molecule has 0 bridgehead atoms. The molecule has 0 atom stereocenters. The van der Waals surface area contributed by atoms with E-state index in [9.17, 15) is 0 Å². The van der Waals surface area contributed by atoms with Gasteiger partial charge in [0.25, 0.3) is 0 Å². The van der Waals surface area contributed by atoms with Crippen molar-refractivity contribution in [3.63, 3.8) is 0 Å². The molecule has 1 aliphatic rings. The van der Waals surface area contributed by atoms with Crippen molar-refractivity contribution in [1.82, 2.24) is 9.97 Å². The van der Waals surface area contributed by atoms with Crippen molar-refractivity contribution < 1.29 is 9.31 Å². The first kappa shape index (κ1) is 17.0. The van der Waals surface area contributed by atoms with Gasteiger partial charge < -0.3 is 15.8 Å². The van der Waals surface area contributed by atoms with Crippen molar-refractivity contribution in [2.24, 2.45) is 0 Å². The smallest absolute Gasteiger partial charge is 0.234 e. The van der Waals surface area contributed by atoms with Crippen LogP contribution in [-0.4, -0.2) is 40.5 Å². The molecule has 1 aromatic carbocycles. The molecule has 0 saturated carbocycles. The predicted octanol–water partition coefficient (Wildman–Crippen LogP) is 2.79. The summed E-state index contributed by atoms with van der Waals surface area (Å²) in [5.41, 5.74) is 9.93. The Bertz CT molecular complexity index is 809. The first-order valence-electron chi connectivity index (χ1n) is 8.41. The summed E-state index contributed by atoms with van der Waals surface area (Å²) in [5.74, 6) is 1.20. The summed E-state index contributed by atoms with van der Waals surface area (Å²) in [6.45, 7) is 4.88. The second kappa shape index (κ2) is 7.34. The first-order valence-corrected chi connectivity index (χ1v) is 8.41. The van der Waals surface area contributed by atoms with Gasteiger partial charge in [0.05, 0.1) is 24.1 Å². The number of nitrogen functional groups attached to an aromatic ring is 1. The van der Waals surface area contributed by atoms with Crippen LogP contribution in [0.4, 0.5) is 11.5 Å². The number of aromatic nitrogens is 2. The van der Waals surface area contributed by atoms with E-state index in [1.807, 2.05) is 38.1 Å². The predicted molar refractivity (Wildman–Crippen MR) is 101 cm³/mol. The highest BCUT2D eigenvalue weighted by atomic mass is 16.5. The number of anilines is 2. The van der Waals surface area contributed by atoms with Crippen molar-refractivity contribution in [1.29, 1.82) is 0 Å². The van der Waals surface area contributed by atoms with E-state index in [2.05, 4.69) is 33.1 Å². The third-order valence-corrected chi connectivity index (χ3v) is 3.86. The molecule has 6 heteroatoms. The van der Waals surface area contributed by atoms with Gasteiger partial charge in [-0.1, -0.05) is 12.1 Å². The minimum absolute atomic E-state index is 0.0609. The van der Waals surface area contributed by atoms with Gasteiger partial charge in [0.1, 0.15) is 13.6 Å².